The molecule has 4 aromatic heterocycles. The molecule has 0 spiro atoms. The molecule has 0 aliphatic carbocycles. The van der Waals surface area contributed by atoms with Gasteiger partial charge in [-0.1, -0.05) is 66.7 Å². The van der Waals surface area contributed by atoms with Gasteiger partial charge in [-0.15, -0.1) is 0 Å². The highest BCUT2D eigenvalue weighted by molar-refractivity contribution is 6.14. The molecule has 48 heavy (non-hydrogen) atoms. The van der Waals surface area contributed by atoms with Crippen LogP contribution in [0.25, 0.3) is 87.9 Å². The minimum atomic E-state index is -0.433. The molecule has 8 nitrogen and oxygen atoms in total. The normalized spacial score (nSPS) is 11.9. The summed E-state index contributed by atoms with van der Waals surface area (Å²) < 4.78 is 15.5. The van der Waals surface area contributed by atoms with E-state index in [4.69, 9.17) is 8.83 Å². The van der Waals surface area contributed by atoms with Gasteiger partial charge in [-0.2, -0.15) is 15.0 Å². The van der Waals surface area contributed by atoms with Crippen LogP contribution >= 0.6 is 0 Å². The van der Waals surface area contributed by atoms with Gasteiger partial charge in [0.2, 0.25) is 0 Å². The van der Waals surface area contributed by atoms with Crippen molar-refractivity contribution in [2.75, 3.05) is 0 Å². The molecule has 0 bridgehead atoms. The summed E-state index contributed by atoms with van der Waals surface area (Å²) in [5.41, 5.74) is 6.66. The number of benzene rings is 6. The molecule has 0 amide bonds. The molecule has 0 saturated heterocycles. The zero-order valence-corrected chi connectivity index (χ0v) is 24.8. The number of rotatable bonds is 2. The predicted octanol–water partition coefficient (Wildman–Crippen LogP) is 8.38. The van der Waals surface area contributed by atoms with Gasteiger partial charge in [0.1, 0.15) is 22.3 Å². The van der Waals surface area contributed by atoms with Crippen LogP contribution < -0.4 is 11.1 Å². The molecule has 8 heteroatoms. The lowest BCUT2D eigenvalue weighted by molar-refractivity contribution is 0.669. The van der Waals surface area contributed by atoms with Crippen LogP contribution in [0.4, 0.5) is 0 Å². The van der Waals surface area contributed by atoms with Crippen LogP contribution in [0, 0.1) is 22.7 Å². The number of fused-ring (bicyclic) bond motifs is 11. The zero-order chi connectivity index (χ0) is 32.3. The molecule has 10 rings (SSSR count). The molecule has 0 aliphatic heterocycles. The molecule has 6 aromatic carbocycles. The second-order valence-electron chi connectivity index (χ2n) is 11.8. The minimum absolute atomic E-state index is 0.388. The monoisotopic (exact) mass is 618 g/mol. The number of hydrogen-bond donors (Lipinski definition) is 0. The summed E-state index contributed by atoms with van der Waals surface area (Å²) in [5, 5.41) is 23.4. The Labute approximate surface area is 269 Å². The van der Waals surface area contributed by atoms with E-state index in [-0.39, 0.29) is 0 Å². The van der Waals surface area contributed by atoms with Gasteiger partial charge in [0.15, 0.2) is 0 Å². The van der Waals surface area contributed by atoms with E-state index in [1.807, 2.05) is 78.9 Å². The second kappa shape index (κ2) is 9.20. The van der Waals surface area contributed by atoms with Crippen molar-refractivity contribution < 1.29 is 8.83 Å². The molecule has 0 fully saturated rings. The molecular formula is C40H18N4O4. The Bertz CT molecular complexity index is 3250. The lowest BCUT2D eigenvalue weighted by atomic mass is 9.98. The van der Waals surface area contributed by atoms with Gasteiger partial charge in [0.25, 0.3) is 11.1 Å². The summed E-state index contributed by atoms with van der Waals surface area (Å²) in [5.74, 6) is 0. The number of aromatic nitrogens is 2. The molecule has 10 aromatic rings. The minimum Gasteiger partial charge on any atom is -0.455 e. The van der Waals surface area contributed by atoms with Crippen molar-refractivity contribution >= 4 is 65.7 Å². The topological polar surface area (TPSA) is 117 Å². The molecule has 0 saturated carbocycles. The average molecular weight is 619 g/mol. The van der Waals surface area contributed by atoms with Crippen LogP contribution in [0.2, 0.25) is 0 Å². The van der Waals surface area contributed by atoms with E-state index in [0.29, 0.717) is 66.4 Å². The van der Waals surface area contributed by atoms with Crippen LogP contribution in [0.3, 0.4) is 0 Å². The Balaban J connectivity index is 1.25. The molecule has 0 atom stereocenters. The maximum atomic E-state index is 14.2. The number of nitrogens with zero attached hydrogens (tertiary/aromatic N) is 4. The fraction of sp³-hybridized carbons (Fsp3) is 0. The quantitative estimate of drug-likeness (QED) is 0.192. The van der Waals surface area contributed by atoms with Crippen LogP contribution in [0.15, 0.2) is 128 Å². The third kappa shape index (κ3) is 3.20. The van der Waals surface area contributed by atoms with E-state index in [0.717, 1.165) is 32.7 Å². The third-order valence-electron chi connectivity index (χ3n) is 9.41. The maximum Gasteiger partial charge on any atom is 0.283 e. The van der Waals surface area contributed by atoms with E-state index >= 15 is 0 Å². The predicted molar refractivity (Wildman–Crippen MR) is 184 cm³/mol. The lowest BCUT2D eigenvalue weighted by Gasteiger charge is -2.05. The zero-order valence-electron chi connectivity index (χ0n) is 24.8. The van der Waals surface area contributed by atoms with E-state index in [1.165, 1.54) is 4.52 Å². The van der Waals surface area contributed by atoms with Gasteiger partial charge < -0.3 is 8.83 Å². The molecule has 0 N–H and O–H groups in total. The van der Waals surface area contributed by atoms with Crippen molar-refractivity contribution in [2.45, 2.75) is 0 Å². The van der Waals surface area contributed by atoms with Gasteiger partial charge >= 0.3 is 0 Å². The summed E-state index contributed by atoms with van der Waals surface area (Å²) in [7, 11) is 0. The largest absolute Gasteiger partial charge is 0.455 e. The highest BCUT2D eigenvalue weighted by Crippen LogP contribution is 2.40. The second-order valence-corrected chi connectivity index (χ2v) is 11.8. The molecular weight excluding hydrogens is 600 g/mol. The number of nitriles is 2. The Morgan fingerprint density at radius 2 is 1.08 bits per heavy atom. The summed E-state index contributed by atoms with van der Waals surface area (Å²) in [4.78, 5) is 28.0. The summed E-state index contributed by atoms with van der Waals surface area (Å²) in [6, 6.07) is 37.8. The Morgan fingerprint density at radius 3 is 1.75 bits per heavy atom. The number of furan rings is 2. The molecule has 4 heterocycles. The average Bonchev–Trinajstić information content (AvgIpc) is 3.86. The molecule has 222 valence electrons. The van der Waals surface area contributed by atoms with Gasteiger partial charge in [-0.3, -0.25) is 9.59 Å². The summed E-state index contributed by atoms with van der Waals surface area (Å²) in [6.45, 7) is 0. The smallest absolute Gasteiger partial charge is 0.283 e. The third-order valence-corrected chi connectivity index (χ3v) is 9.41. The van der Waals surface area contributed by atoms with Crippen molar-refractivity contribution in [3.8, 4) is 34.4 Å². The number of hydrogen-bond acceptors (Lipinski definition) is 6. The van der Waals surface area contributed by atoms with Gasteiger partial charge in [0.05, 0.1) is 45.1 Å². The maximum absolute atomic E-state index is 14.2. The standard InChI is InChI=1S/C40H18N4O4/c41-19-22-6-1-14-32-34(22)28-11-3-8-24(37(28)47-32)21-16-17-27-31(18-21)43-30-13-5-9-25(36(30)40(46)44(43)39(27)45)26-10-4-12-29-35-23(20-42)7-2-15-33(35)48-38(26)29/h1-18H. The van der Waals surface area contributed by atoms with Crippen LogP contribution in [0.5, 0.6) is 0 Å². The first kappa shape index (κ1) is 26.1. The molecule has 0 aliphatic rings. The van der Waals surface area contributed by atoms with E-state index in [2.05, 4.69) is 12.1 Å². The Hall–Kier alpha value is -7.16. The first-order chi connectivity index (χ1) is 23.6. The first-order valence-corrected chi connectivity index (χ1v) is 15.2. The Kier molecular flexibility index (Phi) is 5.00. The lowest BCUT2D eigenvalue weighted by Crippen LogP contribution is -2.21. The first-order valence-electron chi connectivity index (χ1n) is 15.2. The van der Waals surface area contributed by atoms with Crippen molar-refractivity contribution in [2.24, 2.45) is 0 Å². The van der Waals surface area contributed by atoms with Crippen molar-refractivity contribution in [1.82, 2.24) is 9.03 Å². The highest BCUT2D eigenvalue weighted by atomic mass is 16.3. The molecule has 0 radical (unpaired) electrons. The van der Waals surface area contributed by atoms with Crippen molar-refractivity contribution in [3.05, 3.63) is 141 Å². The number of para-hydroxylation sites is 2. The highest BCUT2D eigenvalue weighted by Gasteiger charge is 2.23. The summed E-state index contributed by atoms with van der Waals surface area (Å²) >= 11 is 0. The van der Waals surface area contributed by atoms with Crippen molar-refractivity contribution in [1.29, 1.82) is 10.5 Å². The Morgan fingerprint density at radius 1 is 0.500 bits per heavy atom. The van der Waals surface area contributed by atoms with Crippen molar-refractivity contribution in [3.63, 3.8) is 0 Å². The van der Waals surface area contributed by atoms with Crippen LogP contribution in [-0.4, -0.2) is 9.03 Å². The van der Waals surface area contributed by atoms with Crippen LogP contribution in [0.1, 0.15) is 11.1 Å². The SMILES string of the molecule is N#Cc1cccc2oc3c(-c4ccc5c(=O)n6c(=O)c7c(-c8cccc9c8oc8cccc(C#N)c89)cccc7n6c5c4)cccc3c12. The van der Waals surface area contributed by atoms with E-state index < -0.39 is 11.1 Å². The fourth-order valence-corrected chi connectivity index (χ4v) is 7.38. The summed E-state index contributed by atoms with van der Waals surface area (Å²) in [6.07, 6.45) is 0. The fourth-order valence-electron chi connectivity index (χ4n) is 7.38. The van der Waals surface area contributed by atoms with Gasteiger partial charge in [0, 0.05) is 38.2 Å². The van der Waals surface area contributed by atoms with Gasteiger partial charge in [-0.25, -0.2) is 4.52 Å². The van der Waals surface area contributed by atoms with E-state index in [9.17, 15) is 20.1 Å². The molecule has 0 unspecified atom stereocenters. The van der Waals surface area contributed by atoms with Crippen LogP contribution in [-0.2, 0) is 0 Å². The van der Waals surface area contributed by atoms with Gasteiger partial charge in [-0.05, 0) is 48.0 Å². The van der Waals surface area contributed by atoms with E-state index in [1.54, 1.807) is 34.8 Å².